The molecule has 2 aromatic carbocycles. The van der Waals surface area contributed by atoms with Gasteiger partial charge in [-0.25, -0.2) is 9.59 Å². The molecule has 0 saturated carbocycles. The fourth-order valence-electron chi connectivity index (χ4n) is 3.81. The van der Waals surface area contributed by atoms with Gasteiger partial charge in [0, 0.05) is 23.1 Å². The second-order valence-electron chi connectivity index (χ2n) is 8.01. The van der Waals surface area contributed by atoms with Crippen molar-refractivity contribution < 1.29 is 19.8 Å². The molecule has 2 aromatic rings. The van der Waals surface area contributed by atoms with Crippen LogP contribution in [0.25, 0.3) is 0 Å². The zero-order valence-corrected chi connectivity index (χ0v) is 19.8. The quantitative estimate of drug-likeness (QED) is 0.418. The first-order valence-corrected chi connectivity index (χ1v) is 11.4. The third kappa shape index (κ3) is 8.10. The van der Waals surface area contributed by atoms with Gasteiger partial charge in [0.25, 0.3) is 0 Å². The second-order valence-corrected chi connectivity index (χ2v) is 8.88. The molecule has 0 bridgehead atoms. The highest BCUT2D eigenvalue weighted by molar-refractivity contribution is 6.31. The number of hydrogen-bond acceptors (Lipinski definition) is 4. The van der Waals surface area contributed by atoms with Gasteiger partial charge in [0.2, 0.25) is 0 Å². The molecule has 32 heavy (non-hydrogen) atoms. The van der Waals surface area contributed by atoms with E-state index in [2.05, 4.69) is 48.7 Å². The number of aliphatic carboxylic acids is 2. The lowest BCUT2D eigenvalue weighted by molar-refractivity contribution is -0.159. The maximum Gasteiger partial charge on any atom is 0.414 e. The van der Waals surface area contributed by atoms with Gasteiger partial charge >= 0.3 is 11.9 Å². The van der Waals surface area contributed by atoms with Gasteiger partial charge in [-0.15, -0.1) is 0 Å². The van der Waals surface area contributed by atoms with Crippen LogP contribution >= 0.6 is 23.2 Å². The van der Waals surface area contributed by atoms with Crippen molar-refractivity contribution in [2.75, 3.05) is 26.2 Å². The van der Waals surface area contributed by atoms with E-state index in [1.807, 2.05) is 12.1 Å². The van der Waals surface area contributed by atoms with Crippen LogP contribution in [0.3, 0.4) is 0 Å². The van der Waals surface area contributed by atoms with E-state index in [4.69, 9.17) is 43.0 Å². The number of carboxylic acids is 2. The second kappa shape index (κ2) is 12.8. The molecular formula is C24H30Cl2N2O4. The van der Waals surface area contributed by atoms with E-state index in [0.29, 0.717) is 11.8 Å². The normalized spacial score (nSPS) is 19.4. The Morgan fingerprint density at radius 3 is 1.50 bits per heavy atom. The molecule has 0 spiro atoms. The number of carboxylic acid groups (broad SMARTS) is 2. The Kier molecular flexibility index (Phi) is 10.5. The van der Waals surface area contributed by atoms with Crippen molar-refractivity contribution in [3.8, 4) is 0 Å². The molecule has 0 saturated heterocycles. The summed E-state index contributed by atoms with van der Waals surface area (Å²) >= 11 is 11.9. The first-order valence-electron chi connectivity index (χ1n) is 10.6. The number of benzene rings is 2. The van der Waals surface area contributed by atoms with Crippen molar-refractivity contribution in [3.05, 3.63) is 68.7 Å². The summed E-state index contributed by atoms with van der Waals surface area (Å²) in [6.45, 7) is 8.78. The van der Waals surface area contributed by atoms with E-state index in [0.717, 1.165) is 49.1 Å². The average Bonchev–Trinajstić information content (AvgIpc) is 3.05. The van der Waals surface area contributed by atoms with E-state index in [1.165, 1.54) is 22.3 Å². The van der Waals surface area contributed by atoms with Crippen LogP contribution in [0.5, 0.6) is 0 Å². The maximum atomic E-state index is 9.10. The van der Waals surface area contributed by atoms with Crippen molar-refractivity contribution >= 4 is 35.1 Å². The summed E-state index contributed by atoms with van der Waals surface area (Å²) in [6.07, 6.45) is 2.24. The first-order chi connectivity index (χ1) is 15.2. The van der Waals surface area contributed by atoms with E-state index in [1.54, 1.807) is 0 Å². The van der Waals surface area contributed by atoms with Crippen LogP contribution in [0, 0.1) is 0 Å². The minimum atomic E-state index is -1.82. The molecule has 0 aliphatic carbocycles. The first kappa shape index (κ1) is 26.1. The molecule has 174 valence electrons. The standard InChI is InChI=1S/2C11H14ClN.C2H2O4/c2*1-8-7-13-5-4-9-2-3-10(12)6-11(8)9;3-1(4)2(5)6/h2*2-3,6,8,13H,4-5,7H2,1H3;(H,3,4)(H,5,6)/t2*8-;/m00./s1. The Morgan fingerprint density at radius 1 is 0.781 bits per heavy atom. The zero-order chi connectivity index (χ0) is 23.7. The monoisotopic (exact) mass is 480 g/mol. The van der Waals surface area contributed by atoms with Gasteiger partial charge in [-0.2, -0.15) is 0 Å². The lowest BCUT2D eigenvalue weighted by Crippen LogP contribution is -2.18. The maximum absolute atomic E-state index is 9.10. The Hall–Kier alpha value is -2.12. The number of hydrogen-bond donors (Lipinski definition) is 4. The highest BCUT2D eigenvalue weighted by atomic mass is 35.5. The van der Waals surface area contributed by atoms with Crippen LogP contribution < -0.4 is 10.6 Å². The van der Waals surface area contributed by atoms with E-state index < -0.39 is 11.9 Å². The van der Waals surface area contributed by atoms with Crippen LogP contribution in [-0.4, -0.2) is 48.3 Å². The highest BCUT2D eigenvalue weighted by Crippen LogP contribution is 2.26. The lowest BCUT2D eigenvalue weighted by atomic mass is 9.96. The SMILES string of the molecule is C[C@H]1CNCCc2ccc(Cl)cc21.C[C@H]1CNCCc2ccc(Cl)cc21.O=C(O)C(=O)O. The Labute approximate surface area is 198 Å². The van der Waals surface area contributed by atoms with Crippen molar-refractivity contribution in [1.82, 2.24) is 10.6 Å². The minimum Gasteiger partial charge on any atom is -0.473 e. The molecule has 2 atom stereocenters. The number of nitrogens with one attached hydrogen (secondary N) is 2. The summed E-state index contributed by atoms with van der Waals surface area (Å²) < 4.78 is 0. The predicted molar refractivity (Wildman–Crippen MR) is 128 cm³/mol. The van der Waals surface area contributed by atoms with Gasteiger partial charge in [-0.3, -0.25) is 0 Å². The Balaban J connectivity index is 0.000000183. The van der Waals surface area contributed by atoms with Gasteiger partial charge in [-0.05, 0) is 84.3 Å². The van der Waals surface area contributed by atoms with E-state index in [-0.39, 0.29) is 0 Å². The van der Waals surface area contributed by atoms with Crippen molar-refractivity contribution in [2.24, 2.45) is 0 Å². The largest absolute Gasteiger partial charge is 0.473 e. The molecule has 0 radical (unpaired) electrons. The molecule has 8 heteroatoms. The van der Waals surface area contributed by atoms with Crippen LogP contribution in [0.2, 0.25) is 10.0 Å². The van der Waals surface area contributed by atoms with Crippen LogP contribution in [0.15, 0.2) is 36.4 Å². The smallest absolute Gasteiger partial charge is 0.414 e. The van der Waals surface area contributed by atoms with Crippen LogP contribution in [0.4, 0.5) is 0 Å². The minimum absolute atomic E-state index is 0.580. The molecule has 2 aliphatic heterocycles. The molecule has 0 amide bonds. The summed E-state index contributed by atoms with van der Waals surface area (Å²) in [5.41, 5.74) is 5.72. The number of rotatable bonds is 0. The summed E-state index contributed by atoms with van der Waals surface area (Å²) in [5.74, 6) is -2.49. The molecule has 6 nitrogen and oxygen atoms in total. The van der Waals surface area contributed by atoms with Crippen molar-refractivity contribution in [3.63, 3.8) is 0 Å². The van der Waals surface area contributed by atoms with Gasteiger partial charge in [0.15, 0.2) is 0 Å². The molecule has 4 N–H and O–H groups in total. The Bertz CT molecular complexity index is 861. The number of fused-ring (bicyclic) bond motifs is 2. The molecule has 0 aromatic heterocycles. The number of halogens is 2. The molecule has 2 aliphatic rings. The average molecular weight is 481 g/mol. The Morgan fingerprint density at radius 2 is 1.16 bits per heavy atom. The summed E-state index contributed by atoms with van der Waals surface area (Å²) in [5, 5.41) is 23.3. The van der Waals surface area contributed by atoms with Crippen molar-refractivity contribution in [1.29, 1.82) is 0 Å². The number of carbonyl (C=O) groups is 2. The predicted octanol–water partition coefficient (Wildman–Crippen LogP) is 4.33. The third-order valence-electron chi connectivity index (χ3n) is 5.50. The van der Waals surface area contributed by atoms with Crippen LogP contribution in [0.1, 0.15) is 47.9 Å². The summed E-state index contributed by atoms with van der Waals surface area (Å²) in [7, 11) is 0. The van der Waals surface area contributed by atoms with Gasteiger partial charge in [0.1, 0.15) is 0 Å². The summed E-state index contributed by atoms with van der Waals surface area (Å²) in [4.78, 5) is 18.2. The molecule has 0 fully saturated rings. The fourth-order valence-corrected chi connectivity index (χ4v) is 4.17. The third-order valence-corrected chi connectivity index (χ3v) is 5.97. The van der Waals surface area contributed by atoms with E-state index in [9.17, 15) is 0 Å². The van der Waals surface area contributed by atoms with Crippen molar-refractivity contribution in [2.45, 2.75) is 38.5 Å². The topological polar surface area (TPSA) is 98.7 Å². The van der Waals surface area contributed by atoms with Gasteiger partial charge < -0.3 is 20.8 Å². The molecule has 4 rings (SSSR count). The molecule has 2 heterocycles. The molecular weight excluding hydrogens is 451 g/mol. The van der Waals surface area contributed by atoms with Gasteiger partial charge in [0.05, 0.1) is 0 Å². The highest BCUT2D eigenvalue weighted by Gasteiger charge is 2.15. The van der Waals surface area contributed by atoms with Crippen LogP contribution in [-0.2, 0) is 22.4 Å². The zero-order valence-electron chi connectivity index (χ0n) is 18.3. The van der Waals surface area contributed by atoms with Gasteiger partial charge in [-0.1, -0.05) is 49.2 Å². The van der Waals surface area contributed by atoms with E-state index >= 15 is 0 Å². The lowest BCUT2D eigenvalue weighted by Gasteiger charge is -2.11. The fraction of sp³-hybridized carbons (Fsp3) is 0.417. The molecule has 0 unspecified atom stereocenters. The summed E-state index contributed by atoms with van der Waals surface area (Å²) in [6, 6.07) is 12.5.